The molecule has 12 heteroatoms. The normalized spacial score (nSPS) is 11.9. The number of nitrogens with zero attached hydrogens (tertiary/aromatic N) is 3. The molecule has 0 saturated heterocycles. The molecular formula is C18H15F3N4O4S. The summed E-state index contributed by atoms with van der Waals surface area (Å²) in [5.74, 6) is -1.75. The van der Waals surface area contributed by atoms with Crippen LogP contribution in [-0.4, -0.2) is 36.2 Å². The highest BCUT2D eigenvalue weighted by Crippen LogP contribution is 2.31. The largest absolute Gasteiger partial charge is 0.497 e. The third-order valence-corrected chi connectivity index (χ3v) is 5.33. The molecule has 0 atom stereocenters. The molecule has 30 heavy (non-hydrogen) atoms. The minimum atomic E-state index is -4.78. The molecule has 2 aromatic carbocycles. The molecule has 158 valence electrons. The predicted octanol–water partition coefficient (Wildman–Crippen LogP) is 2.79. The molecule has 0 aliphatic heterocycles. The quantitative estimate of drug-likeness (QED) is 0.655. The number of methoxy groups -OCH3 is 1. The fourth-order valence-corrected chi connectivity index (χ4v) is 3.54. The van der Waals surface area contributed by atoms with E-state index in [1.807, 2.05) is 0 Å². The number of carbonyl (C=O) groups excluding carboxylic acids is 1. The fraction of sp³-hybridized carbons (Fsp3) is 0.167. The van der Waals surface area contributed by atoms with Crippen LogP contribution in [0.15, 0.2) is 53.4 Å². The summed E-state index contributed by atoms with van der Waals surface area (Å²) in [5.41, 5.74) is 0.485. The Bertz CT molecular complexity index is 1170. The highest BCUT2D eigenvalue weighted by atomic mass is 32.2. The Labute approximate surface area is 169 Å². The van der Waals surface area contributed by atoms with E-state index in [2.05, 4.69) is 10.1 Å². The van der Waals surface area contributed by atoms with Crippen molar-refractivity contribution in [3.05, 3.63) is 54.4 Å². The molecule has 0 aliphatic rings. The van der Waals surface area contributed by atoms with Gasteiger partial charge in [-0.15, -0.1) is 5.10 Å². The van der Waals surface area contributed by atoms with Gasteiger partial charge in [0.15, 0.2) is 5.82 Å². The van der Waals surface area contributed by atoms with Gasteiger partial charge in [-0.2, -0.15) is 13.2 Å². The average Bonchev–Trinajstić information content (AvgIpc) is 3.13. The van der Waals surface area contributed by atoms with E-state index in [4.69, 9.17) is 4.74 Å². The molecule has 8 nitrogen and oxygen atoms in total. The number of hydrogen-bond donors (Lipinski definition) is 1. The molecule has 0 saturated carbocycles. The molecule has 0 radical (unpaired) electrons. The Morgan fingerprint density at radius 2 is 1.67 bits per heavy atom. The number of nitrogens with one attached hydrogen (secondary N) is 1. The van der Waals surface area contributed by atoms with Crippen LogP contribution in [0.3, 0.4) is 0 Å². The molecule has 1 N–H and O–H groups in total. The first-order chi connectivity index (χ1) is 14.0. The molecule has 3 aromatic rings. The van der Waals surface area contributed by atoms with Gasteiger partial charge < -0.3 is 4.74 Å². The number of aromatic nitrogens is 3. The second-order valence-corrected chi connectivity index (χ2v) is 7.74. The van der Waals surface area contributed by atoms with Gasteiger partial charge in [0.2, 0.25) is 5.91 Å². The number of amides is 1. The van der Waals surface area contributed by atoms with Crippen LogP contribution in [0.1, 0.15) is 12.7 Å². The van der Waals surface area contributed by atoms with Crippen molar-refractivity contribution >= 4 is 15.9 Å². The first-order valence-corrected chi connectivity index (χ1v) is 9.82. The maximum Gasteiger partial charge on any atom is 0.453 e. The van der Waals surface area contributed by atoms with Gasteiger partial charge in [0.25, 0.3) is 15.8 Å². The van der Waals surface area contributed by atoms with E-state index in [0.717, 1.165) is 23.7 Å². The van der Waals surface area contributed by atoms with E-state index >= 15 is 0 Å². The molecule has 1 aromatic heterocycles. The number of carbonyl (C=O) groups is 1. The predicted molar refractivity (Wildman–Crippen MR) is 99.4 cm³/mol. The number of ether oxygens (including phenoxy) is 1. The van der Waals surface area contributed by atoms with Crippen molar-refractivity contribution in [3.63, 3.8) is 0 Å². The average molecular weight is 440 g/mol. The van der Waals surface area contributed by atoms with Crippen molar-refractivity contribution in [1.29, 1.82) is 0 Å². The van der Waals surface area contributed by atoms with Gasteiger partial charge >= 0.3 is 6.18 Å². The molecule has 0 unspecified atom stereocenters. The Morgan fingerprint density at radius 3 is 2.17 bits per heavy atom. The van der Waals surface area contributed by atoms with Crippen molar-refractivity contribution in [2.75, 3.05) is 7.11 Å². The summed E-state index contributed by atoms with van der Waals surface area (Å²) in [6.45, 7) is 1.04. The van der Waals surface area contributed by atoms with Crippen LogP contribution in [0.25, 0.3) is 17.1 Å². The number of alkyl halides is 3. The number of halogens is 3. The lowest BCUT2D eigenvalue weighted by molar-refractivity contribution is -0.144. The molecule has 3 rings (SSSR count). The van der Waals surface area contributed by atoms with E-state index in [9.17, 15) is 26.4 Å². The van der Waals surface area contributed by atoms with Gasteiger partial charge in [0.1, 0.15) is 5.75 Å². The third kappa shape index (κ3) is 4.43. The number of sulfonamides is 1. The van der Waals surface area contributed by atoms with E-state index in [0.29, 0.717) is 11.4 Å². The van der Waals surface area contributed by atoms with Gasteiger partial charge in [-0.25, -0.2) is 22.8 Å². The zero-order valence-electron chi connectivity index (χ0n) is 15.6. The summed E-state index contributed by atoms with van der Waals surface area (Å²) in [7, 11) is -2.63. The zero-order valence-corrected chi connectivity index (χ0v) is 16.5. The summed E-state index contributed by atoms with van der Waals surface area (Å²) in [4.78, 5) is 14.4. The van der Waals surface area contributed by atoms with E-state index in [1.165, 1.54) is 31.4 Å². The summed E-state index contributed by atoms with van der Waals surface area (Å²) in [6.07, 6.45) is -4.78. The second kappa shape index (κ2) is 7.78. The van der Waals surface area contributed by atoms with Crippen molar-refractivity contribution < 1.29 is 31.1 Å². The SMILES string of the molecule is COc1ccc(-n2nc(C(F)(F)F)nc2-c2ccc(S(=O)(=O)NC(C)=O)cc2)cc1. The molecule has 1 amide bonds. The monoisotopic (exact) mass is 440 g/mol. The third-order valence-electron chi connectivity index (χ3n) is 3.88. The number of hydrogen-bond acceptors (Lipinski definition) is 6. The lowest BCUT2D eigenvalue weighted by Crippen LogP contribution is -2.28. The number of rotatable bonds is 5. The van der Waals surface area contributed by atoms with Gasteiger partial charge in [-0.3, -0.25) is 4.79 Å². The van der Waals surface area contributed by atoms with Crippen LogP contribution in [0.4, 0.5) is 13.2 Å². The summed E-state index contributed by atoms with van der Waals surface area (Å²) < 4.78 is 71.5. The zero-order chi connectivity index (χ0) is 22.1. The fourth-order valence-electron chi connectivity index (χ4n) is 2.55. The van der Waals surface area contributed by atoms with E-state index in [1.54, 1.807) is 16.9 Å². The molecule has 0 spiro atoms. The topological polar surface area (TPSA) is 103 Å². The Kier molecular flexibility index (Phi) is 5.53. The minimum Gasteiger partial charge on any atom is -0.497 e. The number of benzene rings is 2. The van der Waals surface area contributed by atoms with Gasteiger partial charge in [-0.05, 0) is 48.5 Å². The molecule has 0 bridgehead atoms. The lowest BCUT2D eigenvalue weighted by Gasteiger charge is -2.08. The van der Waals surface area contributed by atoms with Crippen molar-refractivity contribution in [2.45, 2.75) is 18.0 Å². The maximum absolute atomic E-state index is 13.2. The minimum absolute atomic E-state index is 0.143. The van der Waals surface area contributed by atoms with Gasteiger partial charge in [0, 0.05) is 12.5 Å². The van der Waals surface area contributed by atoms with E-state index < -0.39 is 27.9 Å². The van der Waals surface area contributed by atoms with Crippen molar-refractivity contribution in [2.24, 2.45) is 0 Å². The smallest absolute Gasteiger partial charge is 0.453 e. The summed E-state index contributed by atoms with van der Waals surface area (Å²) in [6, 6.07) is 11.0. The highest BCUT2D eigenvalue weighted by molar-refractivity contribution is 7.90. The second-order valence-electron chi connectivity index (χ2n) is 6.05. The van der Waals surface area contributed by atoms with Crippen LogP contribution in [0, 0.1) is 0 Å². The molecule has 0 aliphatic carbocycles. The highest BCUT2D eigenvalue weighted by Gasteiger charge is 2.37. The van der Waals surface area contributed by atoms with Crippen LogP contribution in [0.2, 0.25) is 0 Å². The molecular weight excluding hydrogens is 425 g/mol. The van der Waals surface area contributed by atoms with Crippen molar-refractivity contribution in [1.82, 2.24) is 19.5 Å². The first kappa shape index (κ1) is 21.3. The lowest BCUT2D eigenvalue weighted by atomic mass is 10.2. The van der Waals surface area contributed by atoms with Crippen LogP contribution in [-0.2, 0) is 21.0 Å². The van der Waals surface area contributed by atoms with Crippen LogP contribution >= 0.6 is 0 Å². The van der Waals surface area contributed by atoms with Crippen molar-refractivity contribution in [3.8, 4) is 22.8 Å². The first-order valence-electron chi connectivity index (χ1n) is 8.34. The standard InChI is InChI=1S/C18H15F3N4O4S/c1-11(26)24-30(27,28)15-9-3-12(4-10-15)16-22-17(18(19,20)21)23-25(16)13-5-7-14(29-2)8-6-13/h3-10H,1-2H3,(H,24,26). The Morgan fingerprint density at radius 1 is 1.07 bits per heavy atom. The van der Waals surface area contributed by atoms with Crippen LogP contribution in [0.5, 0.6) is 5.75 Å². The Hall–Kier alpha value is -3.41. The molecule has 0 fully saturated rings. The van der Waals surface area contributed by atoms with Gasteiger partial charge in [0.05, 0.1) is 17.7 Å². The van der Waals surface area contributed by atoms with E-state index in [-0.39, 0.29) is 16.3 Å². The Balaban J connectivity index is 2.08. The summed E-state index contributed by atoms with van der Waals surface area (Å²) >= 11 is 0. The van der Waals surface area contributed by atoms with Gasteiger partial charge in [-0.1, -0.05) is 0 Å². The summed E-state index contributed by atoms with van der Waals surface area (Å²) in [5, 5.41) is 3.56. The molecule has 1 heterocycles. The van der Waals surface area contributed by atoms with Crippen LogP contribution < -0.4 is 9.46 Å². The maximum atomic E-state index is 13.2.